The van der Waals surface area contributed by atoms with Crippen molar-refractivity contribution in [1.29, 1.82) is 0 Å². The van der Waals surface area contributed by atoms with E-state index in [4.69, 9.17) is 16.3 Å². The Kier molecular flexibility index (Phi) is 6.22. The number of carbonyl (C=O) groups is 2. The molecule has 3 fully saturated rings. The molecule has 2 saturated carbocycles. The van der Waals surface area contributed by atoms with Crippen LogP contribution in [-0.4, -0.2) is 49.8 Å². The van der Waals surface area contributed by atoms with E-state index in [2.05, 4.69) is 21.3 Å². The van der Waals surface area contributed by atoms with E-state index in [9.17, 15) is 14.0 Å². The van der Waals surface area contributed by atoms with Crippen molar-refractivity contribution in [3.63, 3.8) is 0 Å². The van der Waals surface area contributed by atoms with Crippen molar-refractivity contribution in [3.8, 4) is 5.75 Å². The van der Waals surface area contributed by atoms with Crippen LogP contribution in [0.25, 0.3) is 0 Å². The number of nitrogens with one attached hydrogen (secondary N) is 4. The lowest BCUT2D eigenvalue weighted by atomic mass is 9.73. The van der Waals surface area contributed by atoms with E-state index in [0.29, 0.717) is 18.5 Å². The Morgan fingerprint density at radius 1 is 1.17 bits per heavy atom. The number of carbonyl (C=O) groups excluding carboxylic acids is 2. The van der Waals surface area contributed by atoms with Crippen LogP contribution < -0.4 is 26.0 Å². The molecule has 0 spiro atoms. The maximum atomic E-state index is 13.5. The predicted octanol–water partition coefficient (Wildman–Crippen LogP) is 1.17. The topological polar surface area (TPSA) is 91.5 Å². The summed E-state index contributed by atoms with van der Waals surface area (Å²) in [5.74, 6) is 0.273. The van der Waals surface area contributed by atoms with Crippen LogP contribution >= 0.6 is 11.6 Å². The average Bonchev–Trinajstić information content (AvgIpc) is 2.90. The molecule has 1 heterocycles. The van der Waals surface area contributed by atoms with Gasteiger partial charge in [-0.15, -0.1) is 0 Å². The van der Waals surface area contributed by atoms with Crippen molar-refractivity contribution >= 4 is 23.4 Å². The second-order valence-corrected chi connectivity index (χ2v) is 8.42. The van der Waals surface area contributed by atoms with Gasteiger partial charge in [-0.05, 0) is 56.2 Å². The summed E-state index contributed by atoms with van der Waals surface area (Å²) in [5.41, 5.74) is 0. The van der Waals surface area contributed by atoms with Crippen molar-refractivity contribution < 1.29 is 18.7 Å². The normalized spacial score (nSPS) is 30.8. The average molecular weight is 425 g/mol. The highest BCUT2D eigenvalue weighted by Crippen LogP contribution is 2.47. The number of hydrogen-bond acceptors (Lipinski definition) is 5. The minimum Gasteiger partial charge on any atom is -0.484 e. The van der Waals surface area contributed by atoms with Crippen LogP contribution in [0.2, 0.25) is 5.02 Å². The van der Waals surface area contributed by atoms with Gasteiger partial charge in [0.05, 0.1) is 11.1 Å². The predicted molar refractivity (Wildman–Crippen MR) is 106 cm³/mol. The summed E-state index contributed by atoms with van der Waals surface area (Å²) in [6, 6.07) is 4.04. The summed E-state index contributed by atoms with van der Waals surface area (Å²) >= 11 is 5.65. The minimum atomic E-state index is -0.584. The van der Waals surface area contributed by atoms with Gasteiger partial charge in [0.25, 0.3) is 5.91 Å². The zero-order valence-electron chi connectivity index (χ0n) is 16.0. The second kappa shape index (κ2) is 8.85. The molecular weight excluding hydrogens is 399 g/mol. The minimum absolute atomic E-state index is 0.0107. The maximum Gasteiger partial charge on any atom is 0.258 e. The first-order chi connectivity index (χ1) is 14.0. The number of amides is 2. The van der Waals surface area contributed by atoms with Gasteiger partial charge in [-0.1, -0.05) is 11.6 Å². The molecule has 4 rings (SSSR count). The van der Waals surface area contributed by atoms with Gasteiger partial charge in [0.2, 0.25) is 5.91 Å². The maximum absolute atomic E-state index is 13.5. The molecular formula is C20H26ClFN4O3. The van der Waals surface area contributed by atoms with Gasteiger partial charge in [-0.25, -0.2) is 4.39 Å². The lowest BCUT2D eigenvalue weighted by molar-refractivity contribution is -0.125. The van der Waals surface area contributed by atoms with Crippen LogP contribution in [0, 0.1) is 17.7 Å². The molecule has 2 aliphatic carbocycles. The number of ether oxygens (including phenoxy) is 1. The molecule has 0 radical (unpaired) electrons. The number of halogens is 2. The van der Waals surface area contributed by atoms with E-state index >= 15 is 0 Å². The molecule has 1 saturated heterocycles. The van der Waals surface area contributed by atoms with Gasteiger partial charge in [0.1, 0.15) is 11.6 Å². The van der Waals surface area contributed by atoms with E-state index in [1.54, 1.807) is 0 Å². The van der Waals surface area contributed by atoms with Gasteiger partial charge in [-0.2, -0.15) is 0 Å². The fourth-order valence-corrected chi connectivity index (χ4v) is 4.73. The molecule has 4 unspecified atom stereocenters. The SMILES string of the molecule is O=C(COc1ccc(Cl)c(F)c1)NC1C[C@H](NC(=O)C2CCNCN2)C2CCC12. The van der Waals surface area contributed by atoms with E-state index in [-0.39, 0.29) is 47.3 Å². The number of fused-ring (bicyclic) bond motifs is 1. The highest BCUT2D eigenvalue weighted by atomic mass is 35.5. The van der Waals surface area contributed by atoms with E-state index < -0.39 is 5.82 Å². The Balaban J connectivity index is 1.26. The van der Waals surface area contributed by atoms with E-state index in [0.717, 1.165) is 38.3 Å². The molecule has 29 heavy (non-hydrogen) atoms. The lowest BCUT2D eigenvalue weighted by Crippen LogP contribution is -2.55. The smallest absolute Gasteiger partial charge is 0.258 e. The molecule has 3 aliphatic rings. The Bertz CT molecular complexity index is 774. The molecule has 5 atom stereocenters. The number of hydrogen-bond donors (Lipinski definition) is 4. The number of rotatable bonds is 6. The van der Waals surface area contributed by atoms with Gasteiger partial charge in [0, 0.05) is 24.8 Å². The third-order valence-electron chi connectivity index (χ3n) is 6.26. The molecule has 0 bridgehead atoms. The number of benzene rings is 1. The Morgan fingerprint density at radius 3 is 2.59 bits per heavy atom. The van der Waals surface area contributed by atoms with Gasteiger partial charge >= 0.3 is 0 Å². The van der Waals surface area contributed by atoms with Crippen molar-refractivity contribution in [2.75, 3.05) is 19.8 Å². The van der Waals surface area contributed by atoms with Crippen LogP contribution in [0.15, 0.2) is 18.2 Å². The zero-order chi connectivity index (χ0) is 20.4. The van der Waals surface area contributed by atoms with Gasteiger partial charge < -0.3 is 20.7 Å². The van der Waals surface area contributed by atoms with Gasteiger partial charge in [0.15, 0.2) is 6.61 Å². The summed E-state index contributed by atoms with van der Waals surface area (Å²) in [6.07, 6.45) is 3.63. The third-order valence-corrected chi connectivity index (χ3v) is 6.57. The Hall–Kier alpha value is -1.90. The zero-order valence-corrected chi connectivity index (χ0v) is 16.8. The largest absolute Gasteiger partial charge is 0.484 e. The fraction of sp³-hybridized carbons (Fsp3) is 0.600. The molecule has 1 aromatic carbocycles. The molecule has 7 nitrogen and oxygen atoms in total. The third kappa shape index (κ3) is 4.65. The first-order valence-electron chi connectivity index (χ1n) is 10.1. The van der Waals surface area contributed by atoms with Crippen molar-refractivity contribution in [1.82, 2.24) is 21.3 Å². The van der Waals surface area contributed by atoms with Crippen molar-refractivity contribution in [3.05, 3.63) is 29.0 Å². The monoisotopic (exact) mass is 424 g/mol. The Morgan fingerprint density at radius 2 is 1.93 bits per heavy atom. The molecule has 1 aliphatic heterocycles. The molecule has 158 valence electrons. The van der Waals surface area contributed by atoms with Gasteiger partial charge in [-0.3, -0.25) is 14.9 Å². The highest BCUT2D eigenvalue weighted by Gasteiger charge is 2.49. The molecule has 4 N–H and O–H groups in total. The molecule has 1 aromatic rings. The summed E-state index contributed by atoms with van der Waals surface area (Å²) in [6.45, 7) is 1.29. The van der Waals surface area contributed by atoms with E-state index in [1.807, 2.05) is 0 Å². The highest BCUT2D eigenvalue weighted by molar-refractivity contribution is 6.30. The van der Waals surface area contributed by atoms with Crippen molar-refractivity contribution in [2.45, 2.75) is 43.8 Å². The first kappa shape index (κ1) is 20.4. The Labute approximate surface area is 174 Å². The molecule has 0 aromatic heterocycles. The summed E-state index contributed by atoms with van der Waals surface area (Å²) in [7, 11) is 0. The molecule has 2 amide bonds. The quantitative estimate of drug-likeness (QED) is 0.550. The van der Waals surface area contributed by atoms with Crippen molar-refractivity contribution in [2.24, 2.45) is 11.8 Å². The first-order valence-corrected chi connectivity index (χ1v) is 10.5. The van der Waals surface area contributed by atoms with Crippen LogP contribution in [0.3, 0.4) is 0 Å². The van der Waals surface area contributed by atoms with Crippen LogP contribution in [-0.2, 0) is 9.59 Å². The summed E-state index contributed by atoms with van der Waals surface area (Å²) in [4.78, 5) is 24.8. The summed E-state index contributed by atoms with van der Waals surface area (Å²) < 4.78 is 18.8. The molecule has 9 heteroatoms. The van der Waals surface area contributed by atoms with Crippen LogP contribution in [0.1, 0.15) is 25.7 Å². The van der Waals surface area contributed by atoms with Crippen LogP contribution in [0.5, 0.6) is 5.75 Å². The van der Waals surface area contributed by atoms with Crippen LogP contribution in [0.4, 0.5) is 4.39 Å². The second-order valence-electron chi connectivity index (χ2n) is 8.02. The van der Waals surface area contributed by atoms with E-state index in [1.165, 1.54) is 12.1 Å². The lowest BCUT2D eigenvalue weighted by Gasteiger charge is -2.37. The standard InChI is InChI=1S/C20H26ClFN4O3/c21-14-4-1-11(7-15(14)22)29-9-19(27)25-17-8-18(13-3-2-12(13)17)26-20(28)16-5-6-23-10-24-16/h1,4,7,12-13,16-18,23-24H,2-3,5-6,8-10H2,(H,25,27)(H,26,28)/t12?,13?,16?,17?,18-/m0/s1. The summed E-state index contributed by atoms with van der Waals surface area (Å²) in [5, 5.41) is 12.6. The fourth-order valence-electron chi connectivity index (χ4n) is 4.61.